The first kappa shape index (κ1) is 20.9. The maximum Gasteiger partial charge on any atom is 0.251 e. The Hall–Kier alpha value is -2.43. The first-order valence-electron chi connectivity index (χ1n) is 7.99. The second-order valence-electron chi connectivity index (χ2n) is 5.92. The number of carbonyl (C=O) groups excluding carboxylic acids is 1. The van der Waals surface area contributed by atoms with E-state index in [1.165, 1.54) is 36.4 Å². The summed E-state index contributed by atoms with van der Waals surface area (Å²) in [5, 5.41) is 2.60. The van der Waals surface area contributed by atoms with Crippen molar-refractivity contribution < 1.29 is 21.6 Å². The Labute approximate surface area is 159 Å². The van der Waals surface area contributed by atoms with Crippen molar-refractivity contribution in [2.45, 2.75) is 11.8 Å². The van der Waals surface area contributed by atoms with Gasteiger partial charge in [0.15, 0.2) is 0 Å². The monoisotopic (exact) mass is 411 g/mol. The molecular formula is C17H21N3O5S2. The average Bonchev–Trinajstić information content (AvgIpc) is 2.58. The predicted molar refractivity (Wildman–Crippen MR) is 104 cm³/mol. The van der Waals surface area contributed by atoms with Crippen LogP contribution in [0.3, 0.4) is 0 Å². The Morgan fingerprint density at radius 2 is 1.48 bits per heavy atom. The molecule has 0 heterocycles. The molecule has 0 aliphatic heterocycles. The topological polar surface area (TPSA) is 121 Å². The molecule has 0 aliphatic carbocycles. The summed E-state index contributed by atoms with van der Waals surface area (Å²) in [5.74, 6) is -0.393. The predicted octanol–water partition coefficient (Wildman–Crippen LogP) is 1.07. The summed E-state index contributed by atoms with van der Waals surface area (Å²) in [5.41, 5.74) is 1.63. The van der Waals surface area contributed by atoms with E-state index < -0.39 is 26.0 Å². The van der Waals surface area contributed by atoms with Gasteiger partial charge in [0.05, 0.1) is 11.2 Å². The normalized spacial score (nSPS) is 11.8. The molecule has 2 aromatic carbocycles. The molecule has 1 amide bonds. The number of benzene rings is 2. The van der Waals surface area contributed by atoms with E-state index in [0.717, 1.165) is 11.8 Å². The summed E-state index contributed by atoms with van der Waals surface area (Å²) in [7, 11) is -7.01. The lowest BCUT2D eigenvalue weighted by Crippen LogP contribution is -2.34. The molecule has 0 bridgehead atoms. The second kappa shape index (κ2) is 8.51. The summed E-state index contributed by atoms with van der Waals surface area (Å²) >= 11 is 0. The molecule has 8 nitrogen and oxygen atoms in total. The zero-order valence-electron chi connectivity index (χ0n) is 14.9. The first-order valence-corrected chi connectivity index (χ1v) is 11.4. The number of carbonyl (C=O) groups is 1. The van der Waals surface area contributed by atoms with Gasteiger partial charge < -0.3 is 5.32 Å². The van der Waals surface area contributed by atoms with E-state index in [-0.39, 0.29) is 18.0 Å². The molecule has 0 aliphatic rings. The van der Waals surface area contributed by atoms with Crippen molar-refractivity contribution in [1.82, 2.24) is 10.0 Å². The van der Waals surface area contributed by atoms with Gasteiger partial charge in [0.25, 0.3) is 5.91 Å². The molecule has 0 saturated carbocycles. The van der Waals surface area contributed by atoms with Gasteiger partial charge >= 0.3 is 0 Å². The smallest absolute Gasteiger partial charge is 0.251 e. The highest BCUT2D eigenvalue weighted by Crippen LogP contribution is 2.11. The van der Waals surface area contributed by atoms with Crippen LogP contribution in [0.4, 0.5) is 5.69 Å². The van der Waals surface area contributed by atoms with Crippen LogP contribution in [0.2, 0.25) is 0 Å². The first-order chi connectivity index (χ1) is 12.6. The van der Waals surface area contributed by atoms with Crippen LogP contribution in [0.25, 0.3) is 0 Å². The number of hydrogen-bond donors (Lipinski definition) is 3. The molecule has 0 aromatic heterocycles. The van der Waals surface area contributed by atoms with Crippen LogP contribution in [0.5, 0.6) is 0 Å². The molecule has 0 saturated heterocycles. The standard InChI is InChI=1S/C17H21N3O5S2/c1-13-3-9-16(10-4-13)27(24,25)19-12-11-18-17(21)14-5-7-15(8-6-14)20-26(2,22)23/h3-10,19-20H,11-12H2,1-2H3,(H,18,21). The Morgan fingerprint density at radius 3 is 2.04 bits per heavy atom. The summed E-state index contributed by atoms with van der Waals surface area (Å²) in [6.45, 7) is 2.01. The van der Waals surface area contributed by atoms with Crippen molar-refractivity contribution >= 4 is 31.6 Å². The maximum atomic E-state index is 12.1. The van der Waals surface area contributed by atoms with Crippen LogP contribution < -0.4 is 14.8 Å². The van der Waals surface area contributed by atoms with E-state index in [4.69, 9.17) is 0 Å². The summed E-state index contributed by atoms with van der Waals surface area (Å²) in [6, 6.07) is 12.3. The quantitative estimate of drug-likeness (QED) is 0.561. The molecule has 2 rings (SSSR count). The van der Waals surface area contributed by atoms with E-state index in [1.807, 2.05) is 6.92 Å². The van der Waals surface area contributed by atoms with E-state index in [9.17, 15) is 21.6 Å². The minimum Gasteiger partial charge on any atom is -0.351 e. The van der Waals surface area contributed by atoms with Gasteiger partial charge in [0, 0.05) is 24.3 Å². The third-order valence-electron chi connectivity index (χ3n) is 3.48. The molecule has 3 N–H and O–H groups in total. The van der Waals surface area contributed by atoms with Crippen molar-refractivity contribution in [2.75, 3.05) is 24.1 Å². The average molecular weight is 412 g/mol. The fourth-order valence-electron chi connectivity index (χ4n) is 2.17. The molecule has 0 radical (unpaired) electrons. The number of nitrogens with one attached hydrogen (secondary N) is 3. The highest BCUT2D eigenvalue weighted by Gasteiger charge is 2.13. The van der Waals surface area contributed by atoms with E-state index >= 15 is 0 Å². The highest BCUT2D eigenvalue weighted by atomic mass is 32.2. The van der Waals surface area contributed by atoms with Gasteiger partial charge in [-0.15, -0.1) is 0 Å². The van der Waals surface area contributed by atoms with Crippen molar-refractivity contribution in [2.24, 2.45) is 0 Å². The van der Waals surface area contributed by atoms with Crippen molar-refractivity contribution in [3.8, 4) is 0 Å². The summed E-state index contributed by atoms with van der Waals surface area (Å²) < 4.78 is 51.3. The van der Waals surface area contributed by atoms with Gasteiger partial charge in [-0.2, -0.15) is 0 Å². The Bertz CT molecular complexity index is 1000. The lowest BCUT2D eigenvalue weighted by Gasteiger charge is -2.09. The van der Waals surface area contributed by atoms with Crippen molar-refractivity contribution in [3.63, 3.8) is 0 Å². The molecular weight excluding hydrogens is 390 g/mol. The van der Waals surface area contributed by atoms with Crippen LogP contribution in [0.1, 0.15) is 15.9 Å². The van der Waals surface area contributed by atoms with Gasteiger partial charge in [-0.1, -0.05) is 17.7 Å². The maximum absolute atomic E-state index is 12.1. The SMILES string of the molecule is Cc1ccc(S(=O)(=O)NCCNC(=O)c2ccc(NS(C)(=O)=O)cc2)cc1. The molecule has 0 spiro atoms. The molecule has 0 atom stereocenters. The molecule has 0 unspecified atom stereocenters. The fourth-order valence-corrected chi connectivity index (χ4v) is 3.76. The number of hydrogen-bond acceptors (Lipinski definition) is 5. The van der Waals surface area contributed by atoms with Crippen molar-refractivity contribution in [3.05, 3.63) is 59.7 Å². The largest absolute Gasteiger partial charge is 0.351 e. The fraction of sp³-hybridized carbons (Fsp3) is 0.235. The van der Waals surface area contributed by atoms with Gasteiger partial charge in [0.2, 0.25) is 20.0 Å². The number of amides is 1. The van der Waals surface area contributed by atoms with Gasteiger partial charge in [0.1, 0.15) is 0 Å². The number of sulfonamides is 2. The third-order valence-corrected chi connectivity index (χ3v) is 5.57. The Kier molecular flexibility index (Phi) is 6.58. The Morgan fingerprint density at radius 1 is 0.889 bits per heavy atom. The molecule has 27 heavy (non-hydrogen) atoms. The van der Waals surface area contributed by atoms with Gasteiger partial charge in [-0.3, -0.25) is 9.52 Å². The number of aryl methyl sites for hydroxylation is 1. The third kappa shape index (κ3) is 6.66. The lowest BCUT2D eigenvalue weighted by atomic mass is 10.2. The van der Waals surface area contributed by atoms with E-state index in [0.29, 0.717) is 11.3 Å². The molecule has 0 fully saturated rings. The van der Waals surface area contributed by atoms with Gasteiger partial charge in [-0.05, 0) is 43.3 Å². The number of anilines is 1. The van der Waals surface area contributed by atoms with Crippen LogP contribution >= 0.6 is 0 Å². The van der Waals surface area contributed by atoms with Crippen LogP contribution in [-0.2, 0) is 20.0 Å². The van der Waals surface area contributed by atoms with Crippen LogP contribution in [-0.4, -0.2) is 42.1 Å². The summed E-state index contributed by atoms with van der Waals surface area (Å²) in [4.78, 5) is 12.2. The molecule has 146 valence electrons. The van der Waals surface area contributed by atoms with Crippen LogP contribution in [0.15, 0.2) is 53.4 Å². The minimum atomic E-state index is -3.63. The molecule has 2 aromatic rings. The minimum absolute atomic E-state index is 0.0374. The zero-order chi connectivity index (χ0) is 20.1. The van der Waals surface area contributed by atoms with Gasteiger partial charge in [-0.25, -0.2) is 21.6 Å². The second-order valence-corrected chi connectivity index (χ2v) is 9.43. The highest BCUT2D eigenvalue weighted by molar-refractivity contribution is 7.92. The van der Waals surface area contributed by atoms with Crippen molar-refractivity contribution in [1.29, 1.82) is 0 Å². The molecule has 10 heteroatoms. The van der Waals surface area contributed by atoms with Crippen LogP contribution in [0, 0.1) is 6.92 Å². The number of rotatable bonds is 8. The van der Waals surface area contributed by atoms with E-state index in [2.05, 4.69) is 14.8 Å². The lowest BCUT2D eigenvalue weighted by molar-refractivity contribution is 0.0954. The zero-order valence-corrected chi connectivity index (χ0v) is 16.5. The summed E-state index contributed by atoms with van der Waals surface area (Å²) in [6.07, 6.45) is 1.03. The van der Waals surface area contributed by atoms with E-state index in [1.54, 1.807) is 12.1 Å². The Balaban J connectivity index is 1.84.